The van der Waals surface area contributed by atoms with Crippen LogP contribution in [0.4, 0.5) is 5.69 Å². The van der Waals surface area contributed by atoms with E-state index >= 15 is 0 Å². The predicted octanol–water partition coefficient (Wildman–Crippen LogP) is 3.47. The van der Waals surface area contributed by atoms with Crippen molar-refractivity contribution in [1.29, 1.82) is 0 Å². The minimum atomic E-state index is -3.74. The molecule has 0 bridgehead atoms. The van der Waals surface area contributed by atoms with Gasteiger partial charge in [-0.05, 0) is 59.7 Å². The van der Waals surface area contributed by atoms with Gasteiger partial charge in [0.15, 0.2) is 0 Å². The second kappa shape index (κ2) is 10.0. The molecule has 0 saturated heterocycles. The molecule has 0 unspecified atom stereocenters. The fraction of sp³-hybridized carbons (Fsp3) is 0.320. The van der Waals surface area contributed by atoms with E-state index in [-0.39, 0.29) is 37.1 Å². The number of ether oxygens (including phenoxy) is 2. The van der Waals surface area contributed by atoms with Crippen molar-refractivity contribution in [2.24, 2.45) is 0 Å². The highest BCUT2D eigenvalue weighted by Gasteiger charge is 2.24. The van der Waals surface area contributed by atoms with E-state index in [0.717, 1.165) is 23.9 Å². The van der Waals surface area contributed by atoms with Gasteiger partial charge in [-0.2, -0.15) is 4.31 Å². The Morgan fingerprint density at radius 3 is 2.18 bits per heavy atom. The van der Waals surface area contributed by atoms with Gasteiger partial charge in [-0.25, -0.2) is 8.42 Å². The Hall–Kier alpha value is -2.78. The number of sulfonamides is 1. The smallest absolute Gasteiger partial charge is 0.255 e. The largest absolute Gasteiger partial charge is 0.383 e. The van der Waals surface area contributed by atoms with Crippen molar-refractivity contribution in [3.8, 4) is 0 Å². The molecule has 1 aliphatic carbocycles. The Bertz CT molecular complexity index is 1240. The maximum absolute atomic E-state index is 13.0. The number of aryl methyl sites for hydroxylation is 2. The van der Waals surface area contributed by atoms with Gasteiger partial charge >= 0.3 is 0 Å². The highest BCUT2D eigenvalue weighted by atomic mass is 32.2. The number of rotatable bonds is 10. The van der Waals surface area contributed by atoms with Crippen LogP contribution in [0.1, 0.15) is 21.5 Å². The van der Waals surface area contributed by atoms with Gasteiger partial charge in [-0.15, -0.1) is 0 Å². The number of hydrogen-bond acceptors (Lipinski definition) is 5. The number of hydrogen-bond donors (Lipinski definition) is 1. The molecular formula is C25H28N2O5S. The number of amides is 1. The van der Waals surface area contributed by atoms with Crippen molar-refractivity contribution in [1.82, 2.24) is 4.31 Å². The van der Waals surface area contributed by atoms with E-state index < -0.39 is 10.0 Å². The van der Waals surface area contributed by atoms with Gasteiger partial charge in [-0.1, -0.05) is 24.3 Å². The van der Waals surface area contributed by atoms with Crippen LogP contribution in [-0.4, -0.2) is 59.2 Å². The fourth-order valence-electron chi connectivity index (χ4n) is 4.22. The van der Waals surface area contributed by atoms with Crippen LogP contribution in [0.3, 0.4) is 0 Å². The molecule has 7 nitrogen and oxygen atoms in total. The van der Waals surface area contributed by atoms with Crippen molar-refractivity contribution in [3.63, 3.8) is 0 Å². The van der Waals surface area contributed by atoms with Crippen LogP contribution in [-0.2, 0) is 32.3 Å². The molecule has 1 N–H and O–H groups in total. The van der Waals surface area contributed by atoms with Crippen molar-refractivity contribution in [2.45, 2.75) is 17.7 Å². The number of carbonyl (C=O) groups excluding carboxylic acids is 1. The molecule has 3 aromatic rings. The molecule has 1 amide bonds. The zero-order chi connectivity index (χ0) is 23.4. The van der Waals surface area contributed by atoms with Crippen LogP contribution < -0.4 is 5.32 Å². The monoisotopic (exact) mass is 468 g/mol. The van der Waals surface area contributed by atoms with Crippen LogP contribution in [0.15, 0.2) is 59.5 Å². The Balaban J connectivity index is 1.54. The first-order chi connectivity index (χ1) is 16.0. The number of nitrogens with zero attached hydrogens (tertiary/aromatic N) is 1. The topological polar surface area (TPSA) is 84.9 Å². The maximum atomic E-state index is 13.0. The van der Waals surface area contributed by atoms with Gasteiger partial charge in [0.2, 0.25) is 10.0 Å². The molecule has 0 spiro atoms. The molecule has 0 heterocycles. The number of methoxy groups -OCH3 is 2. The lowest BCUT2D eigenvalue weighted by atomic mass is 10.0. The summed E-state index contributed by atoms with van der Waals surface area (Å²) in [5.74, 6) is -0.284. The average Bonchev–Trinajstić information content (AvgIpc) is 3.25. The average molecular weight is 469 g/mol. The molecule has 3 aromatic carbocycles. The van der Waals surface area contributed by atoms with E-state index in [0.29, 0.717) is 5.56 Å². The summed E-state index contributed by atoms with van der Waals surface area (Å²) in [6.45, 7) is 0.987. The van der Waals surface area contributed by atoms with E-state index in [1.807, 2.05) is 18.2 Å². The molecular weight excluding hydrogens is 440 g/mol. The summed E-state index contributed by atoms with van der Waals surface area (Å²) < 4.78 is 37.5. The van der Waals surface area contributed by atoms with Crippen molar-refractivity contribution >= 4 is 32.4 Å². The fourth-order valence-corrected chi connectivity index (χ4v) is 5.62. The number of nitrogens with one attached hydrogen (secondary N) is 1. The number of benzene rings is 3. The Kier molecular flexibility index (Phi) is 7.09. The molecule has 4 rings (SSSR count). The normalized spacial score (nSPS) is 13.1. The highest BCUT2D eigenvalue weighted by molar-refractivity contribution is 7.89. The Morgan fingerprint density at radius 1 is 0.909 bits per heavy atom. The summed E-state index contributed by atoms with van der Waals surface area (Å²) in [5, 5.41) is 5.24. The molecule has 0 saturated carbocycles. The standard InChI is InChI=1S/C25H28N2O5S/c1-31-16-14-27(15-17-32-2)33(29,30)21-11-8-20(9-12-21)25(28)26-23-13-10-19-7-6-18-4-3-5-22(23)24(18)19/h3-5,8-13H,6-7,14-17H2,1-2H3,(H,26,28). The Morgan fingerprint density at radius 2 is 1.55 bits per heavy atom. The molecule has 8 heteroatoms. The van der Waals surface area contributed by atoms with Gasteiger partial charge in [0.1, 0.15) is 0 Å². The minimum absolute atomic E-state index is 0.122. The molecule has 0 aliphatic heterocycles. The lowest BCUT2D eigenvalue weighted by Crippen LogP contribution is -2.36. The third kappa shape index (κ3) is 4.79. The maximum Gasteiger partial charge on any atom is 0.255 e. The van der Waals surface area contributed by atoms with Gasteiger partial charge in [0.05, 0.1) is 18.1 Å². The quantitative estimate of drug-likeness (QED) is 0.493. The van der Waals surface area contributed by atoms with Crippen LogP contribution in [0, 0.1) is 0 Å². The first kappa shape index (κ1) is 23.4. The molecule has 174 valence electrons. The predicted molar refractivity (Wildman–Crippen MR) is 128 cm³/mol. The molecule has 0 fully saturated rings. The van der Waals surface area contributed by atoms with Crippen LogP contribution in [0.2, 0.25) is 0 Å². The minimum Gasteiger partial charge on any atom is -0.383 e. The zero-order valence-corrected chi connectivity index (χ0v) is 19.7. The van der Waals surface area contributed by atoms with E-state index in [1.165, 1.54) is 59.3 Å². The van der Waals surface area contributed by atoms with Crippen LogP contribution >= 0.6 is 0 Å². The Labute approximate surface area is 194 Å². The van der Waals surface area contributed by atoms with E-state index in [9.17, 15) is 13.2 Å². The third-order valence-electron chi connectivity index (χ3n) is 5.97. The second-order valence-corrected chi connectivity index (χ2v) is 9.92. The summed E-state index contributed by atoms with van der Waals surface area (Å²) in [5.41, 5.74) is 3.75. The lowest BCUT2D eigenvalue weighted by molar-refractivity contribution is 0.102. The van der Waals surface area contributed by atoms with Gasteiger partial charge in [0, 0.05) is 43.9 Å². The van der Waals surface area contributed by atoms with E-state index in [2.05, 4.69) is 17.4 Å². The SMILES string of the molecule is COCCN(CCOC)S(=O)(=O)c1ccc(C(=O)Nc2ccc3c4c(cccc24)CC3)cc1. The summed E-state index contributed by atoms with van der Waals surface area (Å²) in [6.07, 6.45) is 2.04. The van der Waals surface area contributed by atoms with Gasteiger partial charge in [-0.3, -0.25) is 4.79 Å². The van der Waals surface area contributed by atoms with Gasteiger partial charge < -0.3 is 14.8 Å². The zero-order valence-electron chi connectivity index (χ0n) is 18.8. The summed E-state index contributed by atoms with van der Waals surface area (Å²) in [4.78, 5) is 13.0. The van der Waals surface area contributed by atoms with E-state index in [4.69, 9.17) is 9.47 Å². The van der Waals surface area contributed by atoms with Gasteiger partial charge in [0.25, 0.3) is 5.91 Å². The first-order valence-corrected chi connectivity index (χ1v) is 12.3. The number of anilines is 1. The van der Waals surface area contributed by atoms with Crippen LogP contribution in [0.5, 0.6) is 0 Å². The summed E-state index contributed by atoms with van der Waals surface area (Å²) >= 11 is 0. The van der Waals surface area contributed by atoms with Crippen molar-refractivity contribution in [2.75, 3.05) is 45.8 Å². The highest BCUT2D eigenvalue weighted by Crippen LogP contribution is 2.35. The molecule has 0 aromatic heterocycles. The first-order valence-electron chi connectivity index (χ1n) is 10.9. The summed E-state index contributed by atoms with van der Waals surface area (Å²) in [6, 6.07) is 16.2. The molecule has 1 aliphatic rings. The lowest BCUT2D eigenvalue weighted by Gasteiger charge is -2.21. The second-order valence-electron chi connectivity index (χ2n) is 7.98. The molecule has 0 radical (unpaired) electrons. The number of carbonyl (C=O) groups is 1. The summed E-state index contributed by atoms with van der Waals surface area (Å²) in [7, 11) is -0.688. The third-order valence-corrected chi connectivity index (χ3v) is 7.88. The molecule has 33 heavy (non-hydrogen) atoms. The molecule has 0 atom stereocenters. The van der Waals surface area contributed by atoms with Crippen LogP contribution in [0.25, 0.3) is 10.8 Å². The van der Waals surface area contributed by atoms with E-state index in [1.54, 1.807) is 0 Å². The van der Waals surface area contributed by atoms with Crippen molar-refractivity contribution in [3.05, 3.63) is 71.3 Å². The van der Waals surface area contributed by atoms with Crippen molar-refractivity contribution < 1.29 is 22.7 Å².